The molecule has 0 radical (unpaired) electrons. The Hall–Kier alpha value is -1.68. The zero-order valence-corrected chi connectivity index (χ0v) is 12.1. The summed E-state index contributed by atoms with van der Waals surface area (Å²) in [6.45, 7) is 2.64. The Kier molecular flexibility index (Phi) is 4.32. The number of aryl methyl sites for hydroxylation is 1. The summed E-state index contributed by atoms with van der Waals surface area (Å²) in [5.74, 6) is 0.580. The number of nitrogens with one attached hydrogen (secondary N) is 1. The minimum Gasteiger partial charge on any atom is -0.350 e. The first-order valence-electron chi connectivity index (χ1n) is 6.25. The van der Waals surface area contributed by atoms with Crippen molar-refractivity contribution in [2.45, 2.75) is 6.92 Å². The van der Waals surface area contributed by atoms with Crippen LogP contribution >= 0.6 is 12.6 Å². The van der Waals surface area contributed by atoms with Gasteiger partial charge in [0.25, 0.3) is 5.91 Å². The molecule has 1 aromatic carbocycles. The number of carbonyl (C=O) groups is 1. The first kappa shape index (κ1) is 13.7. The van der Waals surface area contributed by atoms with Gasteiger partial charge in [0.15, 0.2) is 0 Å². The maximum atomic E-state index is 12.0. The molecule has 3 nitrogen and oxygen atoms in total. The van der Waals surface area contributed by atoms with Crippen molar-refractivity contribution in [2.75, 3.05) is 12.3 Å². The molecule has 1 heterocycles. The molecule has 19 heavy (non-hydrogen) atoms. The average molecular weight is 274 g/mol. The van der Waals surface area contributed by atoms with Gasteiger partial charge in [-0.1, -0.05) is 23.8 Å². The lowest BCUT2D eigenvalue weighted by Gasteiger charge is -2.08. The summed E-state index contributed by atoms with van der Waals surface area (Å²) in [7, 11) is 1.91. The number of benzene rings is 1. The first-order valence-corrected chi connectivity index (χ1v) is 6.88. The molecule has 0 fully saturated rings. The Morgan fingerprint density at radius 1 is 1.32 bits per heavy atom. The predicted molar refractivity (Wildman–Crippen MR) is 81.8 cm³/mol. The Morgan fingerprint density at radius 2 is 2.11 bits per heavy atom. The van der Waals surface area contributed by atoms with Gasteiger partial charge in [0.05, 0.1) is 0 Å². The summed E-state index contributed by atoms with van der Waals surface area (Å²) < 4.78 is 1.92. The van der Waals surface area contributed by atoms with Crippen LogP contribution in [0.1, 0.15) is 16.1 Å². The molecule has 0 aliphatic heterocycles. The van der Waals surface area contributed by atoms with Crippen molar-refractivity contribution in [3.05, 3.63) is 47.7 Å². The number of amides is 1. The van der Waals surface area contributed by atoms with Gasteiger partial charge in [0.1, 0.15) is 5.69 Å². The molecule has 1 aromatic heterocycles. The maximum Gasteiger partial charge on any atom is 0.267 e. The zero-order chi connectivity index (χ0) is 13.8. The van der Waals surface area contributed by atoms with Crippen LogP contribution in [0.2, 0.25) is 0 Å². The highest BCUT2D eigenvalue weighted by molar-refractivity contribution is 7.80. The largest absolute Gasteiger partial charge is 0.350 e. The highest BCUT2D eigenvalue weighted by Gasteiger charge is 2.12. The smallest absolute Gasteiger partial charge is 0.267 e. The van der Waals surface area contributed by atoms with Crippen LogP contribution in [-0.2, 0) is 7.05 Å². The lowest BCUT2D eigenvalue weighted by molar-refractivity contribution is 0.0948. The molecule has 0 aliphatic rings. The molecule has 0 aliphatic carbocycles. The number of aromatic nitrogens is 1. The molecule has 0 saturated carbocycles. The normalized spacial score (nSPS) is 10.5. The van der Waals surface area contributed by atoms with E-state index in [1.54, 1.807) is 0 Å². The molecule has 0 bridgehead atoms. The number of hydrogen-bond donors (Lipinski definition) is 2. The highest BCUT2D eigenvalue weighted by Crippen LogP contribution is 2.22. The highest BCUT2D eigenvalue weighted by atomic mass is 32.1. The van der Waals surface area contributed by atoms with Crippen LogP contribution in [0.15, 0.2) is 36.4 Å². The van der Waals surface area contributed by atoms with Crippen molar-refractivity contribution in [3.8, 4) is 11.3 Å². The van der Waals surface area contributed by atoms with Crippen LogP contribution in [-0.4, -0.2) is 22.8 Å². The lowest BCUT2D eigenvalue weighted by Crippen LogP contribution is -2.27. The minimum atomic E-state index is -0.0598. The minimum absolute atomic E-state index is 0.0598. The molecule has 1 amide bonds. The Balaban J connectivity index is 2.30. The molecule has 0 atom stereocenters. The van der Waals surface area contributed by atoms with Gasteiger partial charge in [-0.05, 0) is 30.7 Å². The maximum absolute atomic E-state index is 12.0. The van der Waals surface area contributed by atoms with Gasteiger partial charge >= 0.3 is 0 Å². The van der Waals surface area contributed by atoms with Gasteiger partial charge in [-0.15, -0.1) is 0 Å². The molecular weight excluding hydrogens is 256 g/mol. The SMILES string of the molecule is Cc1cccc(-c2ccc(C(=O)NCCS)n2C)c1. The van der Waals surface area contributed by atoms with E-state index in [1.807, 2.05) is 29.8 Å². The van der Waals surface area contributed by atoms with E-state index < -0.39 is 0 Å². The predicted octanol–water partition coefficient (Wildman–Crippen LogP) is 2.66. The van der Waals surface area contributed by atoms with E-state index in [-0.39, 0.29) is 5.91 Å². The Labute approximate surface area is 119 Å². The molecule has 0 spiro atoms. The summed E-state index contributed by atoms with van der Waals surface area (Å²) in [6, 6.07) is 12.1. The van der Waals surface area contributed by atoms with Gasteiger partial charge in [-0.2, -0.15) is 12.6 Å². The second-order valence-electron chi connectivity index (χ2n) is 4.51. The van der Waals surface area contributed by atoms with Crippen molar-refractivity contribution < 1.29 is 4.79 Å². The number of rotatable bonds is 4. The third-order valence-electron chi connectivity index (χ3n) is 3.07. The van der Waals surface area contributed by atoms with Crippen molar-refractivity contribution in [2.24, 2.45) is 7.05 Å². The van der Waals surface area contributed by atoms with Crippen molar-refractivity contribution in [1.29, 1.82) is 0 Å². The Morgan fingerprint density at radius 3 is 2.79 bits per heavy atom. The van der Waals surface area contributed by atoms with E-state index in [2.05, 4.69) is 43.1 Å². The quantitative estimate of drug-likeness (QED) is 0.826. The van der Waals surface area contributed by atoms with Gasteiger partial charge in [-0.25, -0.2) is 0 Å². The van der Waals surface area contributed by atoms with E-state index in [1.165, 1.54) is 5.56 Å². The molecule has 2 rings (SSSR count). The number of carbonyl (C=O) groups excluding carboxylic acids is 1. The van der Waals surface area contributed by atoms with E-state index in [4.69, 9.17) is 0 Å². The molecule has 1 N–H and O–H groups in total. The average Bonchev–Trinajstić information content (AvgIpc) is 2.78. The Bertz CT molecular complexity index is 590. The van der Waals surface area contributed by atoms with Gasteiger partial charge < -0.3 is 9.88 Å². The molecule has 100 valence electrons. The van der Waals surface area contributed by atoms with E-state index in [0.29, 0.717) is 18.0 Å². The zero-order valence-electron chi connectivity index (χ0n) is 11.2. The van der Waals surface area contributed by atoms with Crippen LogP contribution in [0.25, 0.3) is 11.3 Å². The van der Waals surface area contributed by atoms with E-state index in [0.717, 1.165) is 11.3 Å². The summed E-state index contributed by atoms with van der Waals surface area (Å²) in [5.41, 5.74) is 4.04. The summed E-state index contributed by atoms with van der Waals surface area (Å²) in [4.78, 5) is 12.0. The van der Waals surface area contributed by atoms with Crippen LogP contribution in [0, 0.1) is 6.92 Å². The molecule has 0 unspecified atom stereocenters. The van der Waals surface area contributed by atoms with Gasteiger partial charge in [-0.3, -0.25) is 4.79 Å². The van der Waals surface area contributed by atoms with Crippen molar-refractivity contribution in [3.63, 3.8) is 0 Å². The second-order valence-corrected chi connectivity index (χ2v) is 4.96. The fourth-order valence-corrected chi connectivity index (χ4v) is 2.21. The summed E-state index contributed by atoms with van der Waals surface area (Å²) >= 11 is 4.09. The van der Waals surface area contributed by atoms with Crippen LogP contribution in [0.3, 0.4) is 0 Å². The van der Waals surface area contributed by atoms with Crippen LogP contribution < -0.4 is 5.32 Å². The third kappa shape index (κ3) is 3.01. The molecular formula is C15H18N2OS. The molecule has 4 heteroatoms. The lowest BCUT2D eigenvalue weighted by atomic mass is 10.1. The van der Waals surface area contributed by atoms with Crippen LogP contribution in [0.4, 0.5) is 0 Å². The standard InChI is InChI=1S/C15H18N2OS/c1-11-4-3-5-12(10-11)13-6-7-14(17(13)2)15(18)16-8-9-19/h3-7,10,19H,8-9H2,1-2H3,(H,16,18). The van der Waals surface area contributed by atoms with Crippen molar-refractivity contribution in [1.82, 2.24) is 9.88 Å². The number of thiol groups is 1. The number of nitrogens with zero attached hydrogens (tertiary/aromatic N) is 1. The number of hydrogen-bond acceptors (Lipinski definition) is 2. The monoisotopic (exact) mass is 274 g/mol. The molecule has 2 aromatic rings. The van der Waals surface area contributed by atoms with E-state index >= 15 is 0 Å². The van der Waals surface area contributed by atoms with Crippen LogP contribution in [0.5, 0.6) is 0 Å². The summed E-state index contributed by atoms with van der Waals surface area (Å²) in [6.07, 6.45) is 0. The third-order valence-corrected chi connectivity index (χ3v) is 3.29. The molecule has 0 saturated heterocycles. The van der Waals surface area contributed by atoms with Gasteiger partial charge in [0, 0.05) is 25.0 Å². The fourth-order valence-electron chi connectivity index (χ4n) is 2.09. The van der Waals surface area contributed by atoms with E-state index in [9.17, 15) is 4.79 Å². The topological polar surface area (TPSA) is 34.0 Å². The first-order chi connectivity index (χ1) is 9.13. The van der Waals surface area contributed by atoms with Gasteiger partial charge in [0.2, 0.25) is 0 Å². The fraction of sp³-hybridized carbons (Fsp3) is 0.267. The second kappa shape index (κ2) is 5.97. The van der Waals surface area contributed by atoms with Crippen molar-refractivity contribution >= 4 is 18.5 Å². The summed E-state index contributed by atoms with van der Waals surface area (Å²) in [5, 5.41) is 2.83.